The zero-order chi connectivity index (χ0) is 21.6. The monoisotopic (exact) mass is 420 g/mol. The fraction of sp³-hybridized carbons (Fsp3) is 0.652. The highest BCUT2D eigenvalue weighted by molar-refractivity contribution is 5.80. The molecule has 0 unspecified atom stereocenters. The van der Waals surface area contributed by atoms with E-state index >= 15 is 0 Å². The molecule has 2 atom stereocenters. The average molecular weight is 421 g/mol. The fourth-order valence-electron chi connectivity index (χ4n) is 3.98. The zero-order valence-corrected chi connectivity index (χ0v) is 18.0. The van der Waals surface area contributed by atoms with Crippen molar-refractivity contribution in [1.82, 2.24) is 10.8 Å². The van der Waals surface area contributed by atoms with Crippen LogP contribution in [0.2, 0.25) is 0 Å². The molecule has 0 aromatic heterocycles. The van der Waals surface area contributed by atoms with Gasteiger partial charge in [-0.05, 0) is 38.2 Å². The van der Waals surface area contributed by atoms with Gasteiger partial charge in [-0.15, -0.1) is 0 Å². The van der Waals surface area contributed by atoms with E-state index < -0.39 is 11.8 Å². The van der Waals surface area contributed by atoms with Gasteiger partial charge in [0.05, 0.1) is 12.6 Å². The lowest BCUT2D eigenvalue weighted by Crippen LogP contribution is -2.44. The maximum Gasteiger partial charge on any atom is 0.246 e. The Bertz CT molecular complexity index is 617. The summed E-state index contributed by atoms with van der Waals surface area (Å²) in [7, 11) is 0. The van der Waals surface area contributed by atoms with Crippen LogP contribution in [-0.2, 0) is 25.5 Å². The minimum absolute atomic E-state index is 0.0149. The van der Waals surface area contributed by atoms with E-state index in [9.17, 15) is 14.8 Å². The highest BCUT2D eigenvalue weighted by atomic mass is 16.7. The first-order chi connectivity index (χ1) is 14.6. The second kappa shape index (κ2) is 14.1. The van der Waals surface area contributed by atoms with Gasteiger partial charge in [-0.1, -0.05) is 56.0 Å². The van der Waals surface area contributed by atoms with Crippen LogP contribution >= 0.6 is 0 Å². The first kappa shape index (κ1) is 24.3. The number of nitrogens with one attached hydrogen (secondary N) is 2. The van der Waals surface area contributed by atoms with Crippen LogP contribution in [0.1, 0.15) is 57.4 Å². The van der Waals surface area contributed by atoms with Crippen molar-refractivity contribution in [3.8, 4) is 0 Å². The molecule has 1 aromatic rings. The van der Waals surface area contributed by atoms with Crippen LogP contribution < -0.4 is 10.8 Å². The molecule has 2 rings (SSSR count). The third kappa shape index (κ3) is 8.81. The predicted molar refractivity (Wildman–Crippen MR) is 114 cm³/mol. The normalized spacial score (nSPS) is 17.0. The van der Waals surface area contributed by atoms with E-state index in [-0.39, 0.29) is 31.3 Å². The minimum Gasteiger partial charge on any atom is -0.356 e. The van der Waals surface area contributed by atoms with Crippen LogP contribution in [0, 0.1) is 11.8 Å². The number of hydroxylamine groups is 1. The lowest BCUT2D eigenvalue weighted by atomic mass is 9.91. The Morgan fingerprint density at radius 3 is 2.43 bits per heavy atom. The van der Waals surface area contributed by atoms with Gasteiger partial charge < -0.3 is 14.8 Å². The molecule has 1 aromatic carbocycles. The summed E-state index contributed by atoms with van der Waals surface area (Å²) in [5.74, 6) is -0.907. The lowest BCUT2D eigenvalue weighted by Gasteiger charge is -2.25. The zero-order valence-electron chi connectivity index (χ0n) is 18.0. The molecular weight excluding hydrogens is 384 g/mol. The summed E-state index contributed by atoms with van der Waals surface area (Å²) in [6.45, 7) is 2.82. The Morgan fingerprint density at radius 1 is 1.10 bits per heavy atom. The van der Waals surface area contributed by atoms with E-state index in [0.717, 1.165) is 31.2 Å². The number of carbonyl (C=O) groups is 2. The van der Waals surface area contributed by atoms with Crippen molar-refractivity contribution in [2.45, 2.75) is 64.3 Å². The Labute approximate surface area is 179 Å². The van der Waals surface area contributed by atoms with E-state index in [4.69, 9.17) is 9.47 Å². The van der Waals surface area contributed by atoms with Crippen molar-refractivity contribution in [2.24, 2.45) is 11.8 Å². The van der Waals surface area contributed by atoms with Gasteiger partial charge in [-0.25, -0.2) is 5.48 Å². The molecule has 1 aliphatic carbocycles. The summed E-state index contributed by atoms with van der Waals surface area (Å²) < 4.78 is 10.8. The van der Waals surface area contributed by atoms with Crippen LogP contribution in [0.5, 0.6) is 0 Å². The third-order valence-electron chi connectivity index (χ3n) is 5.64. The van der Waals surface area contributed by atoms with Gasteiger partial charge in [-0.2, -0.15) is 0 Å². The molecule has 2 amide bonds. The smallest absolute Gasteiger partial charge is 0.246 e. The van der Waals surface area contributed by atoms with Crippen LogP contribution in [0.15, 0.2) is 30.3 Å². The van der Waals surface area contributed by atoms with Crippen LogP contribution in [-0.4, -0.2) is 43.1 Å². The van der Waals surface area contributed by atoms with Gasteiger partial charge >= 0.3 is 0 Å². The molecule has 7 nitrogen and oxygen atoms in total. The molecule has 30 heavy (non-hydrogen) atoms. The summed E-state index contributed by atoms with van der Waals surface area (Å²) in [5, 5.41) is 12.3. The average Bonchev–Trinajstić information content (AvgIpc) is 3.06. The fourth-order valence-corrected chi connectivity index (χ4v) is 3.98. The largest absolute Gasteiger partial charge is 0.356 e. The number of hydrogen-bond acceptors (Lipinski definition) is 5. The van der Waals surface area contributed by atoms with Crippen LogP contribution in [0.3, 0.4) is 0 Å². The molecule has 0 heterocycles. The summed E-state index contributed by atoms with van der Waals surface area (Å²) >= 11 is 0. The number of benzene rings is 1. The highest BCUT2D eigenvalue weighted by Gasteiger charge is 2.27. The Hall–Kier alpha value is -1.96. The summed E-state index contributed by atoms with van der Waals surface area (Å²) in [6.07, 6.45) is 7.16. The van der Waals surface area contributed by atoms with Crippen molar-refractivity contribution in [3.63, 3.8) is 0 Å². The lowest BCUT2D eigenvalue weighted by molar-refractivity contribution is -0.135. The number of ether oxygens (including phenoxy) is 2. The molecule has 1 aliphatic rings. The molecule has 0 radical (unpaired) electrons. The maximum absolute atomic E-state index is 12.9. The van der Waals surface area contributed by atoms with E-state index in [1.165, 1.54) is 12.8 Å². The molecule has 168 valence electrons. The number of rotatable bonds is 12. The Balaban J connectivity index is 2.03. The first-order valence-electron chi connectivity index (χ1n) is 11.1. The van der Waals surface area contributed by atoms with E-state index in [0.29, 0.717) is 19.4 Å². The van der Waals surface area contributed by atoms with Gasteiger partial charge in [0.25, 0.3) is 0 Å². The first-order valence-corrected chi connectivity index (χ1v) is 11.1. The van der Waals surface area contributed by atoms with Crippen molar-refractivity contribution in [3.05, 3.63) is 35.9 Å². The molecule has 0 saturated heterocycles. The summed E-state index contributed by atoms with van der Waals surface area (Å²) in [6, 6.07) is 9.30. The molecule has 3 N–H and O–H groups in total. The standard InChI is InChI=1S/C23H36N2O5/c1-2-29-17-30-16-21(24-22(26)19-12-8-3-4-9-13-19)15-20(23(27)25-28)14-18-10-6-5-7-11-18/h5-7,10-11,19-21,28H,2-4,8-9,12-17H2,1H3,(H,24,26)(H,25,27)/t20-,21-/m0/s1. The maximum atomic E-state index is 12.9. The minimum atomic E-state index is -0.493. The number of amides is 2. The number of carbonyl (C=O) groups excluding carboxylic acids is 2. The van der Waals surface area contributed by atoms with Gasteiger partial charge in [0, 0.05) is 18.4 Å². The van der Waals surface area contributed by atoms with Gasteiger partial charge in [0.15, 0.2) is 0 Å². The predicted octanol–water partition coefficient (Wildman–Crippen LogP) is 3.21. The highest BCUT2D eigenvalue weighted by Crippen LogP contribution is 2.23. The van der Waals surface area contributed by atoms with Gasteiger partial charge in [0.1, 0.15) is 6.79 Å². The van der Waals surface area contributed by atoms with E-state index in [1.54, 1.807) is 5.48 Å². The molecule has 0 aliphatic heterocycles. The van der Waals surface area contributed by atoms with Crippen LogP contribution in [0.25, 0.3) is 0 Å². The third-order valence-corrected chi connectivity index (χ3v) is 5.64. The number of hydrogen-bond donors (Lipinski definition) is 3. The summed E-state index contributed by atoms with van der Waals surface area (Å²) in [4.78, 5) is 25.2. The molecular formula is C23H36N2O5. The van der Waals surface area contributed by atoms with Crippen molar-refractivity contribution in [1.29, 1.82) is 0 Å². The quantitative estimate of drug-likeness (QED) is 0.159. The van der Waals surface area contributed by atoms with E-state index in [1.807, 2.05) is 37.3 Å². The molecule has 7 heteroatoms. The van der Waals surface area contributed by atoms with E-state index in [2.05, 4.69) is 5.32 Å². The van der Waals surface area contributed by atoms with Crippen molar-refractivity contribution < 1.29 is 24.3 Å². The summed E-state index contributed by atoms with van der Waals surface area (Å²) in [5.41, 5.74) is 2.77. The van der Waals surface area contributed by atoms with Crippen LogP contribution in [0.4, 0.5) is 0 Å². The van der Waals surface area contributed by atoms with Gasteiger partial charge in [-0.3, -0.25) is 14.8 Å². The molecule has 1 fully saturated rings. The SMILES string of the molecule is CCOCOC[C@H](C[C@H](Cc1ccccc1)C(=O)NO)NC(=O)C1CCCCCC1. The second-order valence-electron chi connectivity index (χ2n) is 7.97. The molecule has 0 spiro atoms. The second-order valence-corrected chi connectivity index (χ2v) is 7.97. The van der Waals surface area contributed by atoms with Gasteiger partial charge in [0.2, 0.25) is 11.8 Å². The molecule has 0 bridgehead atoms. The Morgan fingerprint density at radius 2 is 1.80 bits per heavy atom. The van der Waals surface area contributed by atoms with Crippen molar-refractivity contribution in [2.75, 3.05) is 20.0 Å². The molecule has 1 saturated carbocycles. The van der Waals surface area contributed by atoms with Crippen molar-refractivity contribution >= 4 is 11.8 Å². The topological polar surface area (TPSA) is 96.9 Å². The Kier molecular flexibility index (Phi) is 11.4.